The van der Waals surface area contributed by atoms with E-state index in [0.717, 1.165) is 0 Å². The average molecular weight is 384 g/mol. The third kappa shape index (κ3) is 4.33. The molecule has 0 radical (unpaired) electrons. The number of ether oxygens (including phenoxy) is 3. The van der Waals surface area contributed by atoms with Crippen LogP contribution < -0.4 is 19.5 Å². The summed E-state index contributed by atoms with van der Waals surface area (Å²) in [6.45, 7) is 0. The second-order valence-corrected chi connectivity index (χ2v) is 5.99. The van der Waals surface area contributed by atoms with Crippen molar-refractivity contribution < 1.29 is 19.0 Å². The first-order chi connectivity index (χ1) is 13.1. The molecule has 3 aromatic carbocycles. The highest BCUT2D eigenvalue weighted by Crippen LogP contribution is 2.34. The number of methoxy groups -OCH3 is 2. The topological polar surface area (TPSA) is 56.8 Å². The highest BCUT2D eigenvalue weighted by atomic mass is 35.5. The van der Waals surface area contributed by atoms with Crippen LogP contribution in [0.25, 0.3) is 0 Å². The van der Waals surface area contributed by atoms with Crippen molar-refractivity contribution >= 4 is 23.2 Å². The highest BCUT2D eigenvalue weighted by molar-refractivity contribution is 6.31. The third-order valence-corrected chi connectivity index (χ3v) is 4.04. The molecule has 27 heavy (non-hydrogen) atoms. The third-order valence-electron chi connectivity index (χ3n) is 3.81. The van der Waals surface area contributed by atoms with Crippen molar-refractivity contribution in [3.63, 3.8) is 0 Å². The summed E-state index contributed by atoms with van der Waals surface area (Å²) in [6.07, 6.45) is 0. The van der Waals surface area contributed by atoms with Gasteiger partial charge in [-0.3, -0.25) is 4.79 Å². The molecule has 0 aliphatic carbocycles. The second-order valence-electron chi connectivity index (χ2n) is 5.55. The van der Waals surface area contributed by atoms with Gasteiger partial charge in [0.1, 0.15) is 5.75 Å². The van der Waals surface area contributed by atoms with Gasteiger partial charge in [0.05, 0.1) is 25.5 Å². The number of anilines is 1. The van der Waals surface area contributed by atoms with Crippen LogP contribution in [0.4, 0.5) is 5.69 Å². The van der Waals surface area contributed by atoms with Crippen molar-refractivity contribution in [2.45, 2.75) is 0 Å². The van der Waals surface area contributed by atoms with Gasteiger partial charge < -0.3 is 19.5 Å². The smallest absolute Gasteiger partial charge is 0.259 e. The molecule has 1 amide bonds. The van der Waals surface area contributed by atoms with Gasteiger partial charge in [0.15, 0.2) is 17.2 Å². The summed E-state index contributed by atoms with van der Waals surface area (Å²) >= 11 is 6.10. The van der Waals surface area contributed by atoms with Crippen LogP contribution in [0.3, 0.4) is 0 Å². The van der Waals surface area contributed by atoms with Crippen LogP contribution in [-0.2, 0) is 0 Å². The Balaban J connectivity index is 1.91. The molecule has 0 aliphatic heterocycles. The molecule has 0 atom stereocenters. The van der Waals surface area contributed by atoms with E-state index in [1.807, 2.05) is 30.3 Å². The van der Waals surface area contributed by atoms with E-state index in [-0.39, 0.29) is 5.91 Å². The summed E-state index contributed by atoms with van der Waals surface area (Å²) in [7, 11) is 3.00. The molecule has 5 nitrogen and oxygen atoms in total. The Morgan fingerprint density at radius 3 is 2.37 bits per heavy atom. The van der Waals surface area contributed by atoms with Crippen LogP contribution in [0.2, 0.25) is 5.02 Å². The zero-order valence-electron chi connectivity index (χ0n) is 14.9. The van der Waals surface area contributed by atoms with E-state index in [0.29, 0.717) is 39.3 Å². The number of para-hydroxylation sites is 2. The Morgan fingerprint density at radius 1 is 0.889 bits per heavy atom. The minimum Gasteiger partial charge on any atom is -0.493 e. The van der Waals surface area contributed by atoms with Gasteiger partial charge in [-0.15, -0.1) is 0 Å². The molecule has 0 saturated carbocycles. The summed E-state index contributed by atoms with van der Waals surface area (Å²) in [4.78, 5) is 12.8. The van der Waals surface area contributed by atoms with Crippen LogP contribution in [-0.4, -0.2) is 20.1 Å². The van der Waals surface area contributed by atoms with Crippen molar-refractivity contribution in [3.05, 3.63) is 77.3 Å². The zero-order valence-corrected chi connectivity index (χ0v) is 15.6. The molecular weight excluding hydrogens is 366 g/mol. The molecule has 6 heteroatoms. The van der Waals surface area contributed by atoms with E-state index >= 15 is 0 Å². The number of carbonyl (C=O) groups is 1. The quantitative estimate of drug-likeness (QED) is 0.619. The molecule has 0 heterocycles. The lowest BCUT2D eigenvalue weighted by molar-refractivity contribution is 0.102. The second kappa shape index (κ2) is 8.47. The fourth-order valence-corrected chi connectivity index (χ4v) is 2.73. The lowest BCUT2D eigenvalue weighted by atomic mass is 10.1. The van der Waals surface area contributed by atoms with Crippen molar-refractivity contribution in [3.8, 4) is 23.0 Å². The van der Waals surface area contributed by atoms with Crippen molar-refractivity contribution in [1.29, 1.82) is 0 Å². The lowest BCUT2D eigenvalue weighted by Crippen LogP contribution is -2.14. The normalized spacial score (nSPS) is 10.2. The first-order valence-electron chi connectivity index (χ1n) is 8.17. The molecule has 0 fully saturated rings. The van der Waals surface area contributed by atoms with Gasteiger partial charge in [-0.2, -0.15) is 0 Å². The summed E-state index contributed by atoms with van der Waals surface area (Å²) < 4.78 is 16.5. The van der Waals surface area contributed by atoms with Gasteiger partial charge in [-0.1, -0.05) is 35.9 Å². The van der Waals surface area contributed by atoms with Gasteiger partial charge in [0, 0.05) is 5.02 Å². The summed E-state index contributed by atoms with van der Waals surface area (Å²) in [5, 5.41) is 3.31. The maximum absolute atomic E-state index is 12.8. The lowest BCUT2D eigenvalue weighted by Gasteiger charge is -2.15. The minimum absolute atomic E-state index is 0.336. The molecule has 3 rings (SSSR count). The highest BCUT2D eigenvalue weighted by Gasteiger charge is 2.18. The number of benzene rings is 3. The molecule has 0 aromatic heterocycles. The zero-order chi connectivity index (χ0) is 19.2. The van der Waals surface area contributed by atoms with E-state index in [9.17, 15) is 4.79 Å². The monoisotopic (exact) mass is 383 g/mol. The van der Waals surface area contributed by atoms with Crippen LogP contribution in [0.15, 0.2) is 66.7 Å². The van der Waals surface area contributed by atoms with Crippen LogP contribution in [0, 0.1) is 0 Å². The van der Waals surface area contributed by atoms with E-state index in [2.05, 4.69) is 5.32 Å². The van der Waals surface area contributed by atoms with E-state index < -0.39 is 0 Å². The number of hydrogen-bond acceptors (Lipinski definition) is 4. The molecule has 0 spiro atoms. The van der Waals surface area contributed by atoms with E-state index in [1.165, 1.54) is 14.2 Å². The standard InChI is InChI=1S/C21H18ClNO4/c1-25-19-10-6-9-16(20(19)26-2)21(24)23-17-13-14(22)11-12-18(17)27-15-7-4-3-5-8-15/h3-13H,1-2H3,(H,23,24). The molecule has 138 valence electrons. The first kappa shape index (κ1) is 18.6. The number of carbonyl (C=O) groups excluding carboxylic acids is 1. The average Bonchev–Trinajstić information content (AvgIpc) is 2.70. The summed E-state index contributed by atoms with van der Waals surface area (Å²) in [5.41, 5.74) is 0.781. The molecule has 1 N–H and O–H groups in total. The Bertz CT molecular complexity index is 944. The Labute approximate surface area is 162 Å². The predicted octanol–water partition coefficient (Wildman–Crippen LogP) is 5.40. The van der Waals surface area contributed by atoms with Crippen molar-refractivity contribution in [2.75, 3.05) is 19.5 Å². The maximum Gasteiger partial charge on any atom is 0.259 e. The van der Waals surface area contributed by atoms with Crippen LogP contribution in [0.5, 0.6) is 23.0 Å². The van der Waals surface area contributed by atoms with Crippen LogP contribution >= 0.6 is 11.6 Å². The van der Waals surface area contributed by atoms with Crippen molar-refractivity contribution in [1.82, 2.24) is 0 Å². The SMILES string of the molecule is COc1cccc(C(=O)Nc2cc(Cl)ccc2Oc2ccccc2)c1OC. The Kier molecular flexibility index (Phi) is 5.84. The van der Waals surface area contributed by atoms with Crippen molar-refractivity contribution in [2.24, 2.45) is 0 Å². The van der Waals surface area contributed by atoms with E-state index in [1.54, 1.807) is 36.4 Å². The van der Waals surface area contributed by atoms with Gasteiger partial charge >= 0.3 is 0 Å². The fourth-order valence-electron chi connectivity index (χ4n) is 2.56. The van der Waals surface area contributed by atoms with Gasteiger partial charge in [0.2, 0.25) is 0 Å². The minimum atomic E-state index is -0.370. The summed E-state index contributed by atoms with van der Waals surface area (Å²) in [5.74, 6) is 1.57. The van der Waals surface area contributed by atoms with Gasteiger partial charge in [0.25, 0.3) is 5.91 Å². The van der Waals surface area contributed by atoms with E-state index in [4.69, 9.17) is 25.8 Å². The maximum atomic E-state index is 12.8. The Morgan fingerprint density at radius 2 is 1.67 bits per heavy atom. The number of amides is 1. The molecule has 0 bridgehead atoms. The number of hydrogen-bond donors (Lipinski definition) is 1. The number of halogens is 1. The van der Waals surface area contributed by atoms with Crippen LogP contribution in [0.1, 0.15) is 10.4 Å². The Hall–Kier alpha value is -3.18. The largest absolute Gasteiger partial charge is 0.493 e. The molecule has 3 aromatic rings. The molecule has 0 aliphatic rings. The number of nitrogens with one attached hydrogen (secondary N) is 1. The predicted molar refractivity (Wildman–Crippen MR) is 105 cm³/mol. The first-order valence-corrected chi connectivity index (χ1v) is 8.55. The molecule has 0 saturated heterocycles. The fraction of sp³-hybridized carbons (Fsp3) is 0.0952. The molecule has 0 unspecified atom stereocenters. The molecular formula is C21H18ClNO4. The number of rotatable bonds is 6. The van der Waals surface area contributed by atoms with Gasteiger partial charge in [-0.05, 0) is 42.5 Å². The van der Waals surface area contributed by atoms with Gasteiger partial charge in [-0.25, -0.2) is 0 Å². The summed E-state index contributed by atoms with van der Waals surface area (Å²) in [6, 6.07) is 19.4.